The minimum atomic E-state index is -3.09. The summed E-state index contributed by atoms with van der Waals surface area (Å²) in [6.45, 7) is -1.71. The average Bonchev–Trinajstić information content (AvgIpc) is 2.44. The first-order valence-corrected chi connectivity index (χ1v) is 6.08. The van der Waals surface area contributed by atoms with Crippen LogP contribution in [0.15, 0.2) is 36.4 Å². The lowest BCUT2D eigenvalue weighted by Crippen LogP contribution is -2.10. The van der Waals surface area contributed by atoms with Gasteiger partial charge >= 0.3 is 6.61 Å². The number of ether oxygens (including phenoxy) is 1. The molecule has 6 heteroatoms. The van der Waals surface area contributed by atoms with Crippen molar-refractivity contribution < 1.29 is 27.4 Å². The summed E-state index contributed by atoms with van der Waals surface area (Å²) in [5, 5.41) is 10.2. The van der Waals surface area contributed by atoms with Gasteiger partial charge in [-0.1, -0.05) is 30.3 Å². The smallest absolute Gasteiger partial charge is 0.387 e. The monoisotopic (exact) mass is 300 g/mol. The van der Waals surface area contributed by atoms with Crippen LogP contribution >= 0.6 is 0 Å². The molecule has 2 aromatic carbocycles. The van der Waals surface area contributed by atoms with E-state index in [1.165, 1.54) is 43.3 Å². The Morgan fingerprint density at radius 3 is 2.29 bits per heavy atom. The van der Waals surface area contributed by atoms with Gasteiger partial charge in [0, 0.05) is 11.1 Å². The molecule has 0 heterocycles. The van der Waals surface area contributed by atoms with Crippen LogP contribution in [0.2, 0.25) is 0 Å². The van der Waals surface area contributed by atoms with E-state index in [0.717, 1.165) is 0 Å². The van der Waals surface area contributed by atoms with Crippen LogP contribution in [0, 0.1) is 18.6 Å². The van der Waals surface area contributed by atoms with Gasteiger partial charge in [0.1, 0.15) is 11.9 Å². The third-order valence-corrected chi connectivity index (χ3v) is 3.03. The molecular weight excluding hydrogens is 288 g/mol. The lowest BCUT2D eigenvalue weighted by atomic mass is 9.99. The highest BCUT2D eigenvalue weighted by Crippen LogP contribution is 2.33. The van der Waals surface area contributed by atoms with Crippen molar-refractivity contribution in [3.05, 3.63) is 64.7 Å². The van der Waals surface area contributed by atoms with Crippen molar-refractivity contribution in [3.8, 4) is 5.75 Å². The number of aryl methyl sites for hydroxylation is 1. The van der Waals surface area contributed by atoms with Gasteiger partial charge in [-0.2, -0.15) is 8.78 Å². The number of hydrogen-bond donors (Lipinski definition) is 1. The van der Waals surface area contributed by atoms with Gasteiger partial charge in [0.05, 0.1) is 0 Å². The first kappa shape index (κ1) is 15.3. The van der Waals surface area contributed by atoms with E-state index in [1.807, 2.05) is 0 Å². The van der Waals surface area contributed by atoms with Crippen LogP contribution in [0.1, 0.15) is 22.8 Å². The summed E-state index contributed by atoms with van der Waals surface area (Å²) in [4.78, 5) is 0. The molecule has 1 atom stereocenters. The Bertz CT molecular complexity index is 644. The lowest BCUT2D eigenvalue weighted by Gasteiger charge is -2.17. The number of para-hydroxylation sites is 1. The molecule has 0 radical (unpaired) electrons. The topological polar surface area (TPSA) is 29.5 Å². The molecule has 0 saturated heterocycles. The third-order valence-electron chi connectivity index (χ3n) is 3.03. The predicted molar refractivity (Wildman–Crippen MR) is 68.2 cm³/mol. The maximum atomic E-state index is 13.9. The van der Waals surface area contributed by atoms with E-state index in [-0.39, 0.29) is 22.4 Å². The molecule has 1 N–H and O–H groups in total. The molecule has 0 aliphatic heterocycles. The number of rotatable bonds is 4. The third kappa shape index (κ3) is 3.16. The Morgan fingerprint density at radius 2 is 1.62 bits per heavy atom. The van der Waals surface area contributed by atoms with Gasteiger partial charge in [0.2, 0.25) is 0 Å². The molecule has 1 unspecified atom stereocenters. The molecule has 2 rings (SSSR count). The highest BCUT2D eigenvalue weighted by atomic mass is 19.3. The quantitative estimate of drug-likeness (QED) is 0.866. The SMILES string of the molecule is Cc1ccc(C(O)c2ccccc2OC(F)F)c(F)c1F. The highest BCUT2D eigenvalue weighted by Gasteiger charge is 2.22. The molecule has 0 amide bonds. The summed E-state index contributed by atoms with van der Waals surface area (Å²) >= 11 is 0. The number of hydrogen-bond acceptors (Lipinski definition) is 2. The van der Waals surface area contributed by atoms with Gasteiger partial charge in [-0.05, 0) is 18.6 Å². The van der Waals surface area contributed by atoms with E-state index in [9.17, 15) is 22.7 Å². The van der Waals surface area contributed by atoms with E-state index < -0.39 is 24.3 Å². The van der Waals surface area contributed by atoms with Crippen molar-refractivity contribution in [2.45, 2.75) is 19.6 Å². The second kappa shape index (κ2) is 6.13. The first-order valence-electron chi connectivity index (χ1n) is 6.08. The normalized spacial score (nSPS) is 12.5. The van der Waals surface area contributed by atoms with E-state index >= 15 is 0 Å². The molecule has 2 nitrogen and oxygen atoms in total. The van der Waals surface area contributed by atoms with Crippen LogP contribution in [0.3, 0.4) is 0 Å². The number of alkyl halides is 2. The fraction of sp³-hybridized carbons (Fsp3) is 0.200. The van der Waals surface area contributed by atoms with Crippen LogP contribution in [0.4, 0.5) is 17.6 Å². The maximum absolute atomic E-state index is 13.9. The minimum Gasteiger partial charge on any atom is -0.434 e. The van der Waals surface area contributed by atoms with Crippen LogP contribution in [-0.4, -0.2) is 11.7 Å². The summed E-state index contributed by atoms with van der Waals surface area (Å²) in [6.07, 6.45) is -1.62. The van der Waals surface area contributed by atoms with E-state index in [1.54, 1.807) is 0 Å². The van der Waals surface area contributed by atoms with Crippen LogP contribution < -0.4 is 4.74 Å². The molecule has 0 aliphatic carbocycles. The van der Waals surface area contributed by atoms with Gasteiger partial charge in [-0.15, -0.1) is 0 Å². The van der Waals surface area contributed by atoms with Crippen molar-refractivity contribution in [2.75, 3.05) is 0 Å². The molecule has 0 aromatic heterocycles. The molecule has 112 valence electrons. The van der Waals surface area contributed by atoms with E-state index in [4.69, 9.17) is 0 Å². The number of benzene rings is 2. The van der Waals surface area contributed by atoms with Crippen LogP contribution in [0.5, 0.6) is 5.75 Å². The molecule has 0 spiro atoms. The number of aliphatic hydroxyl groups is 1. The van der Waals surface area contributed by atoms with Crippen LogP contribution in [-0.2, 0) is 0 Å². The zero-order valence-electron chi connectivity index (χ0n) is 11.0. The van der Waals surface area contributed by atoms with Crippen molar-refractivity contribution in [3.63, 3.8) is 0 Å². The predicted octanol–water partition coefficient (Wildman–Crippen LogP) is 3.96. The molecule has 0 saturated carbocycles. The number of aliphatic hydroxyl groups excluding tert-OH is 1. The minimum absolute atomic E-state index is 0.0695. The molecule has 2 aromatic rings. The fourth-order valence-electron chi connectivity index (χ4n) is 1.95. The second-order valence-electron chi connectivity index (χ2n) is 4.42. The van der Waals surface area contributed by atoms with Gasteiger partial charge in [0.25, 0.3) is 0 Å². The molecular formula is C15H12F4O2. The molecule has 0 fully saturated rings. The standard InChI is InChI=1S/C15H12F4O2/c1-8-6-7-10(13(17)12(8)16)14(20)9-4-2-3-5-11(9)21-15(18)19/h2-7,14-15,20H,1H3. The van der Waals surface area contributed by atoms with Gasteiger partial charge < -0.3 is 9.84 Å². The van der Waals surface area contributed by atoms with Gasteiger partial charge in [-0.3, -0.25) is 0 Å². The van der Waals surface area contributed by atoms with Crippen molar-refractivity contribution in [1.82, 2.24) is 0 Å². The Kier molecular flexibility index (Phi) is 4.47. The molecule has 0 aliphatic rings. The molecule has 0 bridgehead atoms. The highest BCUT2D eigenvalue weighted by molar-refractivity contribution is 5.41. The average molecular weight is 300 g/mol. The van der Waals surface area contributed by atoms with Gasteiger partial charge in [0.15, 0.2) is 11.6 Å². The number of halogens is 4. The van der Waals surface area contributed by atoms with Crippen molar-refractivity contribution in [2.24, 2.45) is 0 Å². The zero-order valence-corrected chi connectivity index (χ0v) is 11.0. The maximum Gasteiger partial charge on any atom is 0.387 e. The summed E-state index contributed by atoms with van der Waals surface area (Å²) in [5.41, 5.74) is -0.330. The fourth-order valence-corrected chi connectivity index (χ4v) is 1.95. The van der Waals surface area contributed by atoms with Crippen molar-refractivity contribution >= 4 is 0 Å². The Labute approximate surface area is 118 Å². The Hall–Kier alpha value is -2.08. The summed E-state index contributed by atoms with van der Waals surface area (Å²) in [5.74, 6) is -2.59. The first-order chi connectivity index (χ1) is 9.91. The lowest BCUT2D eigenvalue weighted by molar-refractivity contribution is -0.0512. The summed E-state index contributed by atoms with van der Waals surface area (Å²) in [6, 6.07) is 7.93. The summed E-state index contributed by atoms with van der Waals surface area (Å²) in [7, 11) is 0. The summed E-state index contributed by atoms with van der Waals surface area (Å²) < 4.78 is 56.3. The van der Waals surface area contributed by atoms with E-state index in [2.05, 4.69) is 4.74 Å². The van der Waals surface area contributed by atoms with Crippen molar-refractivity contribution in [1.29, 1.82) is 0 Å². The molecule has 21 heavy (non-hydrogen) atoms. The zero-order chi connectivity index (χ0) is 15.6. The Balaban J connectivity index is 2.45. The van der Waals surface area contributed by atoms with Crippen LogP contribution in [0.25, 0.3) is 0 Å². The van der Waals surface area contributed by atoms with E-state index in [0.29, 0.717) is 0 Å². The largest absolute Gasteiger partial charge is 0.434 e. The Morgan fingerprint density at radius 1 is 0.952 bits per heavy atom. The second-order valence-corrected chi connectivity index (χ2v) is 4.42. The van der Waals surface area contributed by atoms with Gasteiger partial charge in [-0.25, -0.2) is 8.78 Å².